The van der Waals surface area contributed by atoms with E-state index < -0.39 is 22.8 Å². The SMILES string of the molecule is N#CC[C@]12C[C@H]1[C@@](CF)(c1cc(Cc3nccc4cc(C#N)cnc34)ccc1F)N=C(N)S2. The molecule has 1 aromatic carbocycles. The smallest absolute Gasteiger partial charge is 0.155 e. The fraction of sp³-hybridized carbons (Fsp3) is 0.292. The molecule has 1 fully saturated rings. The van der Waals surface area contributed by atoms with E-state index in [1.54, 1.807) is 30.5 Å². The van der Waals surface area contributed by atoms with E-state index >= 15 is 4.39 Å². The predicted molar refractivity (Wildman–Crippen MR) is 121 cm³/mol. The first-order valence-corrected chi connectivity index (χ1v) is 11.2. The van der Waals surface area contributed by atoms with E-state index in [2.05, 4.69) is 27.1 Å². The summed E-state index contributed by atoms with van der Waals surface area (Å²) in [4.78, 5) is 13.2. The average Bonchev–Trinajstić information content (AvgIpc) is 3.54. The highest BCUT2D eigenvalue weighted by atomic mass is 32.2. The monoisotopic (exact) mass is 460 g/mol. The van der Waals surface area contributed by atoms with Gasteiger partial charge in [-0.1, -0.05) is 17.8 Å². The van der Waals surface area contributed by atoms with E-state index in [-0.39, 0.29) is 23.1 Å². The maximum absolute atomic E-state index is 15.1. The molecule has 0 spiro atoms. The fourth-order valence-electron chi connectivity index (χ4n) is 4.83. The van der Waals surface area contributed by atoms with Gasteiger partial charge in [-0.15, -0.1) is 0 Å². The van der Waals surface area contributed by atoms with E-state index in [1.165, 1.54) is 24.0 Å². The summed E-state index contributed by atoms with van der Waals surface area (Å²) in [6, 6.07) is 12.3. The van der Waals surface area contributed by atoms with Crippen molar-refractivity contribution in [2.24, 2.45) is 16.6 Å². The maximum atomic E-state index is 15.1. The summed E-state index contributed by atoms with van der Waals surface area (Å²) in [7, 11) is 0. The number of benzene rings is 1. The van der Waals surface area contributed by atoms with Crippen molar-refractivity contribution in [2.75, 3.05) is 6.67 Å². The Morgan fingerprint density at radius 1 is 1.21 bits per heavy atom. The largest absolute Gasteiger partial charge is 0.378 e. The van der Waals surface area contributed by atoms with Crippen LogP contribution < -0.4 is 5.73 Å². The second kappa shape index (κ2) is 7.79. The number of nitriles is 2. The van der Waals surface area contributed by atoms with Crippen LogP contribution >= 0.6 is 11.8 Å². The van der Waals surface area contributed by atoms with Crippen molar-refractivity contribution in [2.45, 2.75) is 29.5 Å². The summed E-state index contributed by atoms with van der Waals surface area (Å²) in [5.41, 5.74) is 7.21. The molecule has 1 saturated carbocycles. The van der Waals surface area contributed by atoms with Gasteiger partial charge in [0.1, 0.15) is 24.1 Å². The minimum absolute atomic E-state index is 0.149. The zero-order valence-corrected chi connectivity index (χ0v) is 18.2. The molecule has 0 bridgehead atoms. The molecule has 2 aromatic heterocycles. The van der Waals surface area contributed by atoms with Gasteiger partial charge >= 0.3 is 0 Å². The molecule has 6 nitrogen and oxygen atoms in total. The molecule has 164 valence electrons. The van der Waals surface area contributed by atoms with Crippen LogP contribution in [0.2, 0.25) is 0 Å². The lowest BCUT2D eigenvalue weighted by Crippen LogP contribution is -2.40. The second-order valence-electron chi connectivity index (χ2n) is 8.42. The minimum atomic E-state index is -1.45. The van der Waals surface area contributed by atoms with Gasteiger partial charge in [-0.2, -0.15) is 10.5 Å². The van der Waals surface area contributed by atoms with E-state index in [1.807, 2.05) is 0 Å². The van der Waals surface area contributed by atoms with Gasteiger partial charge in [0.15, 0.2) is 5.17 Å². The number of rotatable bonds is 5. The summed E-state index contributed by atoms with van der Waals surface area (Å²) >= 11 is 1.29. The Kier molecular flexibility index (Phi) is 5.02. The Hall–Kier alpha value is -3.56. The Labute approximate surface area is 193 Å². The summed E-state index contributed by atoms with van der Waals surface area (Å²) < 4.78 is 29.2. The molecule has 9 heteroatoms. The van der Waals surface area contributed by atoms with Crippen LogP contribution in [0.3, 0.4) is 0 Å². The molecule has 2 aliphatic rings. The Bertz CT molecular complexity index is 1390. The van der Waals surface area contributed by atoms with Crippen LogP contribution in [-0.4, -0.2) is 26.6 Å². The number of thioether (sulfide) groups is 1. The van der Waals surface area contributed by atoms with Crippen LogP contribution in [0, 0.1) is 34.4 Å². The van der Waals surface area contributed by atoms with Crippen LogP contribution in [0.1, 0.15) is 35.2 Å². The highest BCUT2D eigenvalue weighted by Gasteiger charge is 2.68. The van der Waals surface area contributed by atoms with Crippen molar-refractivity contribution in [3.05, 3.63) is 70.9 Å². The number of halogens is 2. The maximum Gasteiger partial charge on any atom is 0.155 e. The fourth-order valence-corrected chi connectivity index (χ4v) is 6.18. The van der Waals surface area contributed by atoms with Crippen molar-refractivity contribution in [3.63, 3.8) is 0 Å². The van der Waals surface area contributed by atoms with Crippen LogP contribution in [-0.2, 0) is 12.0 Å². The zero-order chi connectivity index (χ0) is 23.2. The van der Waals surface area contributed by atoms with E-state index in [0.717, 1.165) is 10.9 Å². The van der Waals surface area contributed by atoms with E-state index in [0.29, 0.717) is 29.6 Å². The molecule has 1 aliphatic carbocycles. The number of alkyl halides is 1. The molecule has 0 amide bonds. The summed E-state index contributed by atoms with van der Waals surface area (Å²) in [6.45, 7) is -0.905. The molecule has 0 saturated heterocycles. The van der Waals surface area contributed by atoms with E-state index in [9.17, 15) is 9.65 Å². The van der Waals surface area contributed by atoms with Crippen molar-refractivity contribution in [3.8, 4) is 12.1 Å². The molecule has 1 aliphatic heterocycles. The van der Waals surface area contributed by atoms with Gasteiger partial charge in [-0.25, -0.2) is 13.8 Å². The number of nitrogens with zero attached hydrogens (tertiary/aromatic N) is 5. The number of nitrogens with two attached hydrogens (primary N) is 1. The van der Waals surface area contributed by atoms with E-state index in [4.69, 9.17) is 11.0 Å². The second-order valence-corrected chi connectivity index (χ2v) is 9.86. The number of hydrogen-bond donors (Lipinski definition) is 1. The molecule has 33 heavy (non-hydrogen) atoms. The van der Waals surface area contributed by atoms with Gasteiger partial charge in [0, 0.05) is 40.4 Å². The van der Waals surface area contributed by atoms with Crippen LogP contribution in [0.15, 0.2) is 47.7 Å². The predicted octanol–water partition coefficient (Wildman–Crippen LogP) is 4.13. The summed E-state index contributed by atoms with van der Waals surface area (Å²) in [6.07, 6.45) is 4.23. The Morgan fingerprint density at radius 2 is 2.06 bits per heavy atom. The zero-order valence-electron chi connectivity index (χ0n) is 17.4. The lowest BCUT2D eigenvalue weighted by molar-refractivity contribution is 0.263. The van der Waals surface area contributed by atoms with Gasteiger partial charge in [0.05, 0.1) is 29.3 Å². The third kappa shape index (κ3) is 3.40. The van der Waals surface area contributed by atoms with Crippen LogP contribution in [0.4, 0.5) is 8.78 Å². The molecule has 0 unspecified atom stereocenters. The normalized spacial score (nSPS) is 25.6. The third-order valence-electron chi connectivity index (χ3n) is 6.47. The van der Waals surface area contributed by atoms with Crippen molar-refractivity contribution >= 4 is 27.8 Å². The minimum Gasteiger partial charge on any atom is -0.378 e. The first-order valence-electron chi connectivity index (χ1n) is 10.3. The molecule has 3 heterocycles. The quantitative estimate of drug-likeness (QED) is 0.613. The standard InChI is InChI=1S/C24H18F2N6S/c25-13-24(20-10-23(20,4-5-27)33-22(29)32-24)17-8-14(1-2-18(17)26)9-19-21-16(3-6-30-19)7-15(11-28)12-31-21/h1-3,6-8,12,20H,4,9-10,13H2,(H2,29,32)/t20-,23+,24-/m1/s1. The van der Waals surface area contributed by atoms with Gasteiger partial charge < -0.3 is 5.73 Å². The van der Waals surface area contributed by atoms with Gasteiger partial charge in [0.25, 0.3) is 0 Å². The lowest BCUT2D eigenvalue weighted by Gasteiger charge is -2.34. The number of pyridine rings is 2. The Morgan fingerprint density at radius 3 is 2.82 bits per heavy atom. The summed E-state index contributed by atoms with van der Waals surface area (Å²) in [5, 5.41) is 19.3. The first-order chi connectivity index (χ1) is 15.9. The molecule has 3 atom stereocenters. The van der Waals surface area contributed by atoms with Crippen molar-refractivity contribution in [1.29, 1.82) is 10.5 Å². The summed E-state index contributed by atoms with van der Waals surface area (Å²) in [5.74, 6) is -0.862. The van der Waals surface area contributed by atoms with Crippen LogP contribution in [0.25, 0.3) is 10.9 Å². The lowest BCUT2D eigenvalue weighted by atomic mass is 9.83. The number of hydrogen-bond acceptors (Lipinski definition) is 7. The highest BCUT2D eigenvalue weighted by molar-refractivity contribution is 8.15. The van der Waals surface area contributed by atoms with Crippen LogP contribution in [0.5, 0.6) is 0 Å². The van der Waals surface area contributed by atoms with Gasteiger partial charge in [-0.05, 0) is 36.2 Å². The highest BCUT2D eigenvalue weighted by Crippen LogP contribution is 2.67. The number of aliphatic imine (C=N–C) groups is 1. The Balaban J connectivity index is 1.56. The number of aromatic nitrogens is 2. The first kappa shape index (κ1) is 21.3. The molecule has 5 rings (SSSR count). The van der Waals surface area contributed by atoms with Gasteiger partial charge in [-0.3, -0.25) is 9.97 Å². The third-order valence-corrected chi connectivity index (χ3v) is 7.78. The molecule has 2 N–H and O–H groups in total. The topological polar surface area (TPSA) is 112 Å². The average molecular weight is 461 g/mol. The van der Waals surface area contributed by atoms with Crippen molar-refractivity contribution < 1.29 is 8.78 Å². The molecular formula is C24H18F2N6S. The number of amidine groups is 1. The molecule has 0 radical (unpaired) electrons. The number of fused-ring (bicyclic) bond motifs is 2. The molecule has 3 aromatic rings. The van der Waals surface area contributed by atoms with Crippen molar-refractivity contribution in [1.82, 2.24) is 9.97 Å². The molecular weight excluding hydrogens is 442 g/mol. The van der Waals surface area contributed by atoms with Gasteiger partial charge in [0.2, 0.25) is 0 Å².